The minimum absolute atomic E-state index is 0.152. The molecule has 6 nitrogen and oxygen atoms in total. The number of nitrogens with two attached hydrogens (primary N) is 1. The number of ether oxygens (including phenoxy) is 1. The lowest BCUT2D eigenvalue weighted by molar-refractivity contribution is -0.128. The van der Waals surface area contributed by atoms with E-state index in [1.807, 2.05) is 0 Å². The molecule has 2 unspecified atom stereocenters. The monoisotopic (exact) mass is 270 g/mol. The van der Waals surface area contributed by atoms with Gasteiger partial charge in [-0.25, -0.2) is 5.84 Å². The third-order valence-electron chi connectivity index (χ3n) is 4.31. The average Bonchev–Trinajstić information content (AvgIpc) is 2.94. The molecule has 2 aliphatic heterocycles. The van der Waals surface area contributed by atoms with Gasteiger partial charge in [0.1, 0.15) is 6.04 Å². The first-order valence-electron chi connectivity index (χ1n) is 7.23. The van der Waals surface area contributed by atoms with E-state index in [-0.39, 0.29) is 11.9 Å². The smallest absolute Gasteiger partial charge is 0.253 e. The quantitative estimate of drug-likeness (QED) is 0.402. The highest BCUT2D eigenvalue weighted by molar-refractivity contribution is 5.81. The molecule has 0 saturated carbocycles. The number of nitrogens with one attached hydrogen (secondary N) is 1. The molecule has 6 heteroatoms. The normalized spacial score (nSPS) is 27.4. The van der Waals surface area contributed by atoms with Crippen molar-refractivity contribution in [3.05, 3.63) is 0 Å². The number of hydrogen-bond acceptors (Lipinski definition) is 5. The van der Waals surface area contributed by atoms with Gasteiger partial charge in [-0.3, -0.25) is 20.0 Å². The fraction of sp³-hybridized carbons (Fsp3) is 0.923. The maximum Gasteiger partial charge on any atom is 0.253 e. The molecule has 2 rings (SSSR count). The number of hydrazine groups is 1. The molecule has 0 aromatic carbocycles. The van der Waals surface area contributed by atoms with E-state index in [0.29, 0.717) is 12.6 Å². The molecule has 3 N–H and O–H groups in total. The SMILES string of the molecule is COCC(C(=O)NN)N1CCC(N2CCCCC2)C1. The highest BCUT2D eigenvalue weighted by atomic mass is 16.5. The molecule has 110 valence electrons. The van der Waals surface area contributed by atoms with Gasteiger partial charge in [0.25, 0.3) is 5.91 Å². The molecule has 2 fully saturated rings. The van der Waals surface area contributed by atoms with Gasteiger partial charge in [-0.15, -0.1) is 0 Å². The molecule has 2 heterocycles. The Morgan fingerprint density at radius 2 is 2.11 bits per heavy atom. The minimum atomic E-state index is -0.259. The highest BCUT2D eigenvalue weighted by Crippen LogP contribution is 2.21. The summed E-state index contributed by atoms with van der Waals surface area (Å²) in [6, 6.07) is 0.329. The number of carbonyl (C=O) groups is 1. The Kier molecular flexibility index (Phi) is 5.57. The fourth-order valence-electron chi connectivity index (χ4n) is 3.23. The van der Waals surface area contributed by atoms with Crippen LogP contribution in [0.1, 0.15) is 25.7 Å². The molecule has 2 saturated heterocycles. The van der Waals surface area contributed by atoms with Crippen LogP contribution in [0.15, 0.2) is 0 Å². The largest absolute Gasteiger partial charge is 0.383 e. The summed E-state index contributed by atoms with van der Waals surface area (Å²) in [5.41, 5.74) is 2.25. The second-order valence-electron chi connectivity index (χ2n) is 5.51. The molecule has 0 bridgehead atoms. The van der Waals surface area contributed by atoms with Crippen molar-refractivity contribution in [2.45, 2.75) is 37.8 Å². The molecule has 0 aromatic heterocycles. The summed E-state index contributed by atoms with van der Waals surface area (Å²) in [6.07, 6.45) is 5.11. The Morgan fingerprint density at radius 1 is 1.37 bits per heavy atom. The zero-order valence-electron chi connectivity index (χ0n) is 11.8. The van der Waals surface area contributed by atoms with Gasteiger partial charge in [-0.2, -0.15) is 0 Å². The van der Waals surface area contributed by atoms with E-state index in [9.17, 15) is 4.79 Å². The van der Waals surface area contributed by atoms with Crippen molar-refractivity contribution in [3.63, 3.8) is 0 Å². The molecular weight excluding hydrogens is 244 g/mol. The van der Waals surface area contributed by atoms with Crippen LogP contribution in [-0.4, -0.2) is 67.7 Å². The van der Waals surface area contributed by atoms with Crippen LogP contribution in [0.2, 0.25) is 0 Å². The van der Waals surface area contributed by atoms with Crippen LogP contribution in [0.3, 0.4) is 0 Å². The van der Waals surface area contributed by atoms with Crippen molar-refractivity contribution in [3.8, 4) is 0 Å². The average molecular weight is 270 g/mol. The van der Waals surface area contributed by atoms with E-state index >= 15 is 0 Å². The van der Waals surface area contributed by atoms with E-state index in [1.165, 1.54) is 32.4 Å². The number of amides is 1. The molecule has 0 aliphatic carbocycles. The number of piperidine rings is 1. The van der Waals surface area contributed by atoms with E-state index in [0.717, 1.165) is 19.5 Å². The lowest BCUT2D eigenvalue weighted by Gasteiger charge is -2.33. The zero-order valence-corrected chi connectivity index (χ0v) is 11.8. The molecule has 2 atom stereocenters. The number of likely N-dealkylation sites (tertiary alicyclic amines) is 2. The standard InChI is InChI=1S/C13H26N4O2/c1-19-10-12(13(18)15-14)17-8-5-11(9-17)16-6-3-2-4-7-16/h11-12H,2-10,14H2,1H3,(H,15,18). The van der Waals surface area contributed by atoms with Gasteiger partial charge < -0.3 is 4.74 Å². The van der Waals surface area contributed by atoms with E-state index in [1.54, 1.807) is 7.11 Å². The van der Waals surface area contributed by atoms with Crippen LogP contribution in [0.25, 0.3) is 0 Å². The topological polar surface area (TPSA) is 70.8 Å². The van der Waals surface area contributed by atoms with Crippen LogP contribution in [0.4, 0.5) is 0 Å². The highest BCUT2D eigenvalue weighted by Gasteiger charge is 2.34. The fourth-order valence-corrected chi connectivity index (χ4v) is 3.23. The molecule has 0 spiro atoms. The van der Waals surface area contributed by atoms with Gasteiger partial charge in [-0.05, 0) is 32.4 Å². The van der Waals surface area contributed by atoms with Gasteiger partial charge in [0.15, 0.2) is 0 Å². The Labute approximate surface area is 115 Å². The second-order valence-corrected chi connectivity index (χ2v) is 5.51. The van der Waals surface area contributed by atoms with Crippen LogP contribution in [-0.2, 0) is 9.53 Å². The predicted octanol–water partition coefficient (Wildman–Crippen LogP) is -0.448. The van der Waals surface area contributed by atoms with Gasteiger partial charge in [0, 0.05) is 26.2 Å². The van der Waals surface area contributed by atoms with Crippen molar-refractivity contribution < 1.29 is 9.53 Å². The minimum Gasteiger partial charge on any atom is -0.383 e. The third-order valence-corrected chi connectivity index (χ3v) is 4.31. The Morgan fingerprint density at radius 3 is 2.74 bits per heavy atom. The van der Waals surface area contributed by atoms with Gasteiger partial charge in [0.05, 0.1) is 6.61 Å². The predicted molar refractivity (Wildman–Crippen MR) is 73.4 cm³/mol. The molecule has 19 heavy (non-hydrogen) atoms. The summed E-state index contributed by atoms with van der Waals surface area (Å²) in [4.78, 5) is 16.6. The first-order chi connectivity index (χ1) is 9.26. The lowest BCUT2D eigenvalue weighted by atomic mass is 10.1. The zero-order chi connectivity index (χ0) is 13.7. The van der Waals surface area contributed by atoms with Gasteiger partial charge in [0.2, 0.25) is 0 Å². The molecule has 1 amide bonds. The van der Waals surface area contributed by atoms with E-state index in [2.05, 4.69) is 15.2 Å². The first-order valence-corrected chi connectivity index (χ1v) is 7.23. The van der Waals surface area contributed by atoms with Crippen LogP contribution >= 0.6 is 0 Å². The van der Waals surface area contributed by atoms with E-state index < -0.39 is 0 Å². The Hall–Kier alpha value is -0.690. The first kappa shape index (κ1) is 14.7. The van der Waals surface area contributed by atoms with Crippen molar-refractivity contribution in [2.24, 2.45) is 5.84 Å². The van der Waals surface area contributed by atoms with Crippen molar-refractivity contribution in [2.75, 3.05) is 39.9 Å². The maximum absolute atomic E-state index is 11.8. The number of hydrogen-bond donors (Lipinski definition) is 2. The molecule has 0 aromatic rings. The van der Waals surface area contributed by atoms with Crippen molar-refractivity contribution in [1.29, 1.82) is 0 Å². The summed E-state index contributed by atoms with van der Waals surface area (Å²) < 4.78 is 5.15. The molecule has 2 aliphatic rings. The number of rotatable bonds is 5. The summed E-state index contributed by atoms with van der Waals surface area (Å²) in [7, 11) is 1.62. The van der Waals surface area contributed by atoms with Crippen LogP contribution < -0.4 is 11.3 Å². The second kappa shape index (κ2) is 7.19. The van der Waals surface area contributed by atoms with Crippen molar-refractivity contribution >= 4 is 5.91 Å². The number of methoxy groups -OCH3 is 1. The lowest BCUT2D eigenvalue weighted by Crippen LogP contribution is -2.51. The van der Waals surface area contributed by atoms with Gasteiger partial charge in [-0.1, -0.05) is 6.42 Å². The number of carbonyl (C=O) groups excluding carboxylic acids is 1. The molecular formula is C13H26N4O2. The summed E-state index contributed by atoms with van der Waals surface area (Å²) in [6.45, 7) is 4.70. The summed E-state index contributed by atoms with van der Waals surface area (Å²) in [5, 5.41) is 0. The molecule has 0 radical (unpaired) electrons. The number of nitrogens with zero attached hydrogens (tertiary/aromatic N) is 2. The van der Waals surface area contributed by atoms with Gasteiger partial charge >= 0.3 is 0 Å². The van der Waals surface area contributed by atoms with Crippen molar-refractivity contribution in [1.82, 2.24) is 15.2 Å². The summed E-state index contributed by atoms with van der Waals surface area (Å²) in [5.74, 6) is 5.10. The Balaban J connectivity index is 1.89. The van der Waals surface area contributed by atoms with Crippen LogP contribution in [0, 0.1) is 0 Å². The Bertz CT molecular complexity index is 294. The third kappa shape index (κ3) is 3.66. The van der Waals surface area contributed by atoms with Crippen LogP contribution in [0.5, 0.6) is 0 Å². The van der Waals surface area contributed by atoms with E-state index in [4.69, 9.17) is 10.6 Å². The maximum atomic E-state index is 11.8. The summed E-state index contributed by atoms with van der Waals surface area (Å²) >= 11 is 0.